The van der Waals surface area contributed by atoms with Crippen LogP contribution in [-0.2, 0) is 0 Å². The normalized spacial score (nSPS) is 10.3. The number of anilines is 1. The summed E-state index contributed by atoms with van der Waals surface area (Å²) >= 11 is 13.9. The summed E-state index contributed by atoms with van der Waals surface area (Å²) in [6, 6.07) is 1.52. The van der Waals surface area contributed by atoms with Gasteiger partial charge in [0.1, 0.15) is 9.85 Å². The monoisotopic (exact) mass is 279 g/mol. The molecule has 1 amide bonds. The highest BCUT2D eigenvalue weighted by Crippen LogP contribution is 2.31. The molecule has 0 bridgehead atoms. The van der Waals surface area contributed by atoms with E-state index in [0.717, 1.165) is 11.3 Å². The predicted octanol–water partition coefficient (Wildman–Crippen LogP) is 3.16. The lowest BCUT2D eigenvalue weighted by atomic mass is 10.3. The number of hydrogen-bond acceptors (Lipinski definition) is 5. The molecule has 0 spiro atoms. The van der Waals surface area contributed by atoms with Crippen molar-refractivity contribution in [3.05, 3.63) is 25.8 Å². The third-order valence-electron chi connectivity index (χ3n) is 1.48. The van der Waals surface area contributed by atoms with Crippen molar-refractivity contribution in [2.45, 2.75) is 0 Å². The second-order valence-electron chi connectivity index (χ2n) is 2.44. The summed E-state index contributed by atoms with van der Waals surface area (Å²) in [7, 11) is 0. The van der Waals surface area contributed by atoms with Crippen LogP contribution in [0.2, 0.25) is 8.67 Å². The topological polar surface area (TPSA) is 54.9 Å². The summed E-state index contributed by atoms with van der Waals surface area (Å²) in [6.45, 7) is 0. The predicted molar refractivity (Wildman–Crippen MR) is 62.2 cm³/mol. The van der Waals surface area contributed by atoms with Gasteiger partial charge >= 0.3 is 0 Å². The Hall–Kier alpha value is -0.690. The molecule has 0 saturated heterocycles. The zero-order valence-electron chi connectivity index (χ0n) is 7.03. The van der Waals surface area contributed by atoms with Gasteiger partial charge in [0.15, 0.2) is 0 Å². The lowest BCUT2D eigenvalue weighted by molar-refractivity contribution is 0.102. The number of carbonyl (C=O) groups excluding carboxylic acids is 1. The van der Waals surface area contributed by atoms with Gasteiger partial charge in [-0.05, 0) is 6.07 Å². The quantitative estimate of drug-likeness (QED) is 0.919. The highest BCUT2D eigenvalue weighted by atomic mass is 35.5. The molecule has 2 rings (SSSR count). The zero-order chi connectivity index (χ0) is 10.8. The van der Waals surface area contributed by atoms with Crippen LogP contribution in [0.1, 0.15) is 10.4 Å². The first kappa shape index (κ1) is 10.8. The molecule has 0 radical (unpaired) electrons. The number of rotatable bonds is 2. The number of carbonyl (C=O) groups is 1. The molecule has 0 aliphatic rings. The third-order valence-corrected chi connectivity index (χ3v) is 3.58. The number of thiophene rings is 1. The Morgan fingerprint density at radius 2 is 2.27 bits per heavy atom. The van der Waals surface area contributed by atoms with Gasteiger partial charge < -0.3 is 0 Å². The molecular formula is C7H3Cl2N3OS2. The molecule has 2 aromatic heterocycles. The fraction of sp³-hybridized carbons (Fsp3) is 0. The van der Waals surface area contributed by atoms with Crippen LogP contribution in [0.15, 0.2) is 11.6 Å². The summed E-state index contributed by atoms with van der Waals surface area (Å²) in [4.78, 5) is 11.6. The third kappa shape index (κ3) is 2.46. The van der Waals surface area contributed by atoms with E-state index >= 15 is 0 Å². The molecular weight excluding hydrogens is 277 g/mol. The molecule has 0 aliphatic carbocycles. The average Bonchev–Trinajstić information content (AvgIpc) is 2.75. The van der Waals surface area contributed by atoms with E-state index in [1.165, 1.54) is 22.9 Å². The lowest BCUT2D eigenvalue weighted by Crippen LogP contribution is -2.11. The van der Waals surface area contributed by atoms with Gasteiger partial charge in [0.2, 0.25) is 5.13 Å². The van der Waals surface area contributed by atoms with Crippen molar-refractivity contribution < 1.29 is 4.79 Å². The van der Waals surface area contributed by atoms with E-state index in [4.69, 9.17) is 23.2 Å². The maximum Gasteiger partial charge on any atom is 0.259 e. The summed E-state index contributed by atoms with van der Waals surface area (Å²) in [5.41, 5.74) is 1.87. The Kier molecular flexibility index (Phi) is 3.20. The maximum atomic E-state index is 11.6. The van der Waals surface area contributed by atoms with Crippen molar-refractivity contribution in [1.82, 2.24) is 10.2 Å². The van der Waals surface area contributed by atoms with Crippen LogP contribution in [0.3, 0.4) is 0 Å². The standard InChI is InChI=1S/C7H3Cl2N3OS2/c8-4-1-3(5(9)15-4)6(13)11-7-12-10-2-14-7/h1-2H,(H,11,12,13). The van der Waals surface area contributed by atoms with Gasteiger partial charge in [0.25, 0.3) is 5.91 Å². The molecule has 4 nitrogen and oxygen atoms in total. The van der Waals surface area contributed by atoms with Gasteiger partial charge in [-0.2, -0.15) is 0 Å². The zero-order valence-corrected chi connectivity index (χ0v) is 10.2. The van der Waals surface area contributed by atoms with E-state index < -0.39 is 0 Å². The van der Waals surface area contributed by atoms with E-state index in [0.29, 0.717) is 19.4 Å². The van der Waals surface area contributed by atoms with E-state index in [9.17, 15) is 4.79 Å². The maximum absolute atomic E-state index is 11.6. The number of aromatic nitrogens is 2. The molecule has 2 heterocycles. The Bertz CT molecular complexity index is 482. The molecule has 0 unspecified atom stereocenters. The van der Waals surface area contributed by atoms with Crippen LogP contribution in [0.4, 0.5) is 5.13 Å². The second-order valence-corrected chi connectivity index (χ2v) is 5.55. The number of hydrogen-bond donors (Lipinski definition) is 1. The molecule has 2 aromatic rings. The highest BCUT2D eigenvalue weighted by Gasteiger charge is 2.15. The molecule has 0 aromatic carbocycles. The molecule has 78 valence electrons. The molecule has 0 aliphatic heterocycles. The molecule has 0 atom stereocenters. The summed E-state index contributed by atoms with van der Waals surface area (Å²) < 4.78 is 0.837. The summed E-state index contributed by atoms with van der Waals surface area (Å²) in [5, 5.41) is 10.3. The summed E-state index contributed by atoms with van der Waals surface area (Å²) in [6.07, 6.45) is 0. The Balaban J connectivity index is 2.18. The van der Waals surface area contributed by atoms with E-state index in [1.54, 1.807) is 0 Å². The Morgan fingerprint density at radius 1 is 1.47 bits per heavy atom. The van der Waals surface area contributed by atoms with Gasteiger partial charge in [-0.1, -0.05) is 34.5 Å². The van der Waals surface area contributed by atoms with Crippen molar-refractivity contribution in [1.29, 1.82) is 0 Å². The highest BCUT2D eigenvalue weighted by molar-refractivity contribution is 7.20. The van der Waals surface area contributed by atoms with E-state index in [2.05, 4.69) is 15.5 Å². The van der Waals surface area contributed by atoms with Gasteiger partial charge in [0, 0.05) is 0 Å². The molecule has 15 heavy (non-hydrogen) atoms. The van der Waals surface area contributed by atoms with Crippen molar-refractivity contribution in [3.63, 3.8) is 0 Å². The molecule has 8 heteroatoms. The number of nitrogens with one attached hydrogen (secondary N) is 1. The molecule has 1 N–H and O–H groups in total. The van der Waals surface area contributed by atoms with Gasteiger partial charge in [0.05, 0.1) is 9.90 Å². The fourth-order valence-electron chi connectivity index (χ4n) is 0.887. The SMILES string of the molecule is O=C(Nc1nncs1)c1cc(Cl)sc1Cl. The first-order valence-corrected chi connectivity index (χ1v) is 6.14. The largest absolute Gasteiger partial charge is 0.296 e. The number of halogens is 2. The van der Waals surface area contributed by atoms with Crippen molar-refractivity contribution >= 4 is 56.9 Å². The first-order chi connectivity index (χ1) is 7.16. The average molecular weight is 280 g/mol. The van der Waals surface area contributed by atoms with Crippen molar-refractivity contribution in [3.8, 4) is 0 Å². The molecule has 0 saturated carbocycles. The Morgan fingerprint density at radius 3 is 2.80 bits per heavy atom. The lowest BCUT2D eigenvalue weighted by Gasteiger charge is -1.97. The van der Waals surface area contributed by atoms with Gasteiger partial charge in [-0.3, -0.25) is 10.1 Å². The minimum atomic E-state index is -0.333. The van der Waals surface area contributed by atoms with Crippen LogP contribution in [0.25, 0.3) is 0 Å². The van der Waals surface area contributed by atoms with Crippen molar-refractivity contribution in [2.75, 3.05) is 5.32 Å². The number of nitrogens with zero attached hydrogens (tertiary/aromatic N) is 2. The van der Waals surface area contributed by atoms with Gasteiger partial charge in [-0.15, -0.1) is 21.5 Å². The minimum absolute atomic E-state index is 0.333. The van der Waals surface area contributed by atoms with Crippen LogP contribution in [-0.4, -0.2) is 16.1 Å². The van der Waals surface area contributed by atoms with Crippen molar-refractivity contribution in [2.24, 2.45) is 0 Å². The first-order valence-electron chi connectivity index (χ1n) is 3.69. The van der Waals surface area contributed by atoms with Crippen LogP contribution in [0.5, 0.6) is 0 Å². The second kappa shape index (κ2) is 4.44. The molecule has 0 fully saturated rings. The smallest absolute Gasteiger partial charge is 0.259 e. The van der Waals surface area contributed by atoms with Crippen LogP contribution < -0.4 is 5.32 Å². The fourth-order valence-corrected chi connectivity index (χ4v) is 2.79. The summed E-state index contributed by atoms with van der Waals surface area (Å²) in [5.74, 6) is -0.333. The van der Waals surface area contributed by atoms with E-state index in [1.807, 2.05) is 0 Å². The Labute approximate surface area is 103 Å². The van der Waals surface area contributed by atoms with E-state index in [-0.39, 0.29) is 5.91 Å². The van der Waals surface area contributed by atoms with Crippen LogP contribution in [0, 0.1) is 0 Å². The van der Waals surface area contributed by atoms with Crippen LogP contribution >= 0.6 is 45.9 Å². The number of amides is 1. The minimum Gasteiger partial charge on any atom is -0.296 e. The van der Waals surface area contributed by atoms with Gasteiger partial charge in [-0.25, -0.2) is 0 Å².